The molecule has 1 aliphatic rings. The first-order valence-electron chi connectivity index (χ1n) is 8.18. The molecule has 0 aromatic carbocycles. The third-order valence-electron chi connectivity index (χ3n) is 4.26. The molecule has 3 rings (SSSR count). The first-order valence-corrected chi connectivity index (χ1v) is 9.44. The largest absolute Gasteiger partial charge is 0.354 e. The Bertz CT molecular complexity index is 733. The van der Waals surface area contributed by atoms with Crippen molar-refractivity contribution in [2.75, 3.05) is 18.0 Å². The number of hydrogen-bond acceptors (Lipinski definition) is 5. The summed E-state index contributed by atoms with van der Waals surface area (Å²) in [6.07, 6.45) is 4.49. The van der Waals surface area contributed by atoms with E-state index in [0.717, 1.165) is 49.4 Å². The van der Waals surface area contributed by atoms with Crippen LogP contribution in [-0.4, -0.2) is 35.0 Å². The summed E-state index contributed by atoms with van der Waals surface area (Å²) in [5, 5.41) is 5.60. The van der Waals surface area contributed by atoms with Crippen molar-refractivity contribution in [2.45, 2.75) is 39.2 Å². The lowest BCUT2D eigenvalue weighted by atomic mass is 10.1. The lowest BCUT2D eigenvalue weighted by Gasteiger charge is -2.34. The number of rotatable bonds is 4. The molecule has 128 valence electrons. The summed E-state index contributed by atoms with van der Waals surface area (Å²) in [4.78, 5) is 23.9. The van der Waals surface area contributed by atoms with Crippen molar-refractivity contribution < 1.29 is 4.79 Å². The SMILES string of the molecule is CCc1cc(N2CCCC(NC(=O)c3scc(C)c3Cl)C2)ncn1. The quantitative estimate of drug-likeness (QED) is 0.902. The number of halogens is 1. The molecule has 7 heteroatoms. The van der Waals surface area contributed by atoms with Gasteiger partial charge in [0.25, 0.3) is 5.91 Å². The minimum atomic E-state index is -0.0816. The van der Waals surface area contributed by atoms with E-state index in [1.165, 1.54) is 11.3 Å². The van der Waals surface area contributed by atoms with Gasteiger partial charge in [0.05, 0.1) is 5.02 Å². The molecule has 1 amide bonds. The van der Waals surface area contributed by atoms with Gasteiger partial charge < -0.3 is 10.2 Å². The van der Waals surface area contributed by atoms with Gasteiger partial charge in [-0.1, -0.05) is 18.5 Å². The number of piperidine rings is 1. The summed E-state index contributed by atoms with van der Waals surface area (Å²) in [7, 11) is 0. The fraction of sp³-hybridized carbons (Fsp3) is 0.471. The van der Waals surface area contributed by atoms with Gasteiger partial charge in [0.2, 0.25) is 0 Å². The fourth-order valence-electron chi connectivity index (χ4n) is 2.89. The standard InChI is InChI=1S/C17H21ClN4OS/c1-3-12-7-14(20-10-19-12)22-6-4-5-13(8-22)21-17(23)16-15(18)11(2)9-24-16/h7,9-10,13H,3-6,8H2,1-2H3,(H,21,23). The molecule has 0 aliphatic carbocycles. The van der Waals surface area contributed by atoms with Crippen molar-refractivity contribution in [3.8, 4) is 0 Å². The minimum Gasteiger partial charge on any atom is -0.354 e. The molecule has 0 radical (unpaired) electrons. The van der Waals surface area contributed by atoms with Gasteiger partial charge in [0, 0.05) is 30.9 Å². The molecule has 2 aromatic heterocycles. The minimum absolute atomic E-state index is 0.0816. The predicted octanol–water partition coefficient (Wildman–Crippen LogP) is 3.46. The maximum Gasteiger partial charge on any atom is 0.263 e. The fourth-order valence-corrected chi connectivity index (χ4v) is 4.07. The average molecular weight is 365 g/mol. The molecule has 1 unspecified atom stereocenters. The highest BCUT2D eigenvalue weighted by Crippen LogP contribution is 2.27. The third-order valence-corrected chi connectivity index (χ3v) is 5.95. The number of nitrogens with zero attached hydrogens (tertiary/aromatic N) is 3. The number of thiophene rings is 1. The van der Waals surface area contributed by atoms with Gasteiger partial charge in [-0.2, -0.15) is 0 Å². The van der Waals surface area contributed by atoms with Gasteiger partial charge in [0.1, 0.15) is 17.0 Å². The van der Waals surface area contributed by atoms with E-state index in [9.17, 15) is 4.79 Å². The van der Waals surface area contributed by atoms with Crippen LogP contribution in [0.15, 0.2) is 17.8 Å². The molecular formula is C17H21ClN4OS. The normalized spacial score (nSPS) is 17.8. The Morgan fingerprint density at radius 3 is 3.04 bits per heavy atom. The number of nitrogens with one attached hydrogen (secondary N) is 1. The van der Waals surface area contributed by atoms with Crippen LogP contribution in [0.25, 0.3) is 0 Å². The summed E-state index contributed by atoms with van der Waals surface area (Å²) in [5.41, 5.74) is 1.98. The number of amides is 1. The first kappa shape index (κ1) is 17.2. The van der Waals surface area contributed by atoms with E-state index in [0.29, 0.717) is 9.90 Å². The lowest BCUT2D eigenvalue weighted by Crippen LogP contribution is -2.48. The highest BCUT2D eigenvalue weighted by molar-refractivity contribution is 7.13. The van der Waals surface area contributed by atoms with Crippen molar-refractivity contribution in [2.24, 2.45) is 0 Å². The van der Waals surface area contributed by atoms with Crippen molar-refractivity contribution in [3.63, 3.8) is 0 Å². The molecule has 0 bridgehead atoms. The van der Waals surface area contributed by atoms with Crippen molar-refractivity contribution >= 4 is 34.7 Å². The van der Waals surface area contributed by atoms with E-state index in [-0.39, 0.29) is 11.9 Å². The highest BCUT2D eigenvalue weighted by Gasteiger charge is 2.24. The zero-order valence-corrected chi connectivity index (χ0v) is 15.5. The molecule has 0 saturated carbocycles. The Labute approximate surface area is 151 Å². The molecule has 24 heavy (non-hydrogen) atoms. The molecule has 1 N–H and O–H groups in total. The van der Waals surface area contributed by atoms with Gasteiger partial charge >= 0.3 is 0 Å². The Morgan fingerprint density at radius 2 is 2.33 bits per heavy atom. The maximum atomic E-state index is 12.5. The van der Waals surface area contributed by atoms with Gasteiger partial charge in [-0.3, -0.25) is 4.79 Å². The van der Waals surface area contributed by atoms with Crippen LogP contribution in [0.2, 0.25) is 5.02 Å². The highest BCUT2D eigenvalue weighted by atomic mass is 35.5. The smallest absolute Gasteiger partial charge is 0.263 e. The monoisotopic (exact) mass is 364 g/mol. The number of carbonyl (C=O) groups is 1. The molecule has 3 heterocycles. The third kappa shape index (κ3) is 3.70. The predicted molar refractivity (Wildman–Crippen MR) is 98.2 cm³/mol. The molecule has 1 fully saturated rings. The van der Waals surface area contributed by atoms with Gasteiger partial charge in [-0.25, -0.2) is 9.97 Å². The van der Waals surface area contributed by atoms with Crippen LogP contribution >= 0.6 is 22.9 Å². The van der Waals surface area contributed by atoms with Crippen LogP contribution in [-0.2, 0) is 6.42 Å². The molecule has 1 saturated heterocycles. The van der Waals surface area contributed by atoms with E-state index >= 15 is 0 Å². The summed E-state index contributed by atoms with van der Waals surface area (Å²) in [6, 6.07) is 2.13. The van der Waals surface area contributed by atoms with Gasteiger partial charge in [0.15, 0.2) is 0 Å². The second kappa shape index (κ2) is 7.49. The Morgan fingerprint density at radius 1 is 1.50 bits per heavy atom. The van der Waals surface area contributed by atoms with Crippen LogP contribution in [0.4, 0.5) is 5.82 Å². The van der Waals surface area contributed by atoms with Crippen molar-refractivity contribution in [3.05, 3.63) is 38.9 Å². The van der Waals surface area contributed by atoms with E-state index in [1.807, 2.05) is 18.4 Å². The lowest BCUT2D eigenvalue weighted by molar-refractivity contribution is 0.0937. The molecular weight excluding hydrogens is 344 g/mol. The van der Waals surface area contributed by atoms with E-state index in [4.69, 9.17) is 11.6 Å². The second-order valence-electron chi connectivity index (χ2n) is 6.04. The second-order valence-corrected chi connectivity index (χ2v) is 7.30. The first-order chi connectivity index (χ1) is 11.6. The Hall–Kier alpha value is -1.66. The van der Waals surface area contributed by atoms with E-state index in [1.54, 1.807) is 6.33 Å². The summed E-state index contributed by atoms with van der Waals surface area (Å²) >= 11 is 7.60. The summed E-state index contributed by atoms with van der Waals surface area (Å²) in [5.74, 6) is 0.854. The molecule has 0 spiro atoms. The topological polar surface area (TPSA) is 58.1 Å². The number of aromatic nitrogens is 2. The Kier molecular flexibility index (Phi) is 5.36. The van der Waals surface area contributed by atoms with Crippen LogP contribution < -0.4 is 10.2 Å². The molecule has 1 atom stereocenters. The van der Waals surface area contributed by atoms with Crippen LogP contribution in [0.5, 0.6) is 0 Å². The van der Waals surface area contributed by atoms with E-state index in [2.05, 4.69) is 27.1 Å². The van der Waals surface area contributed by atoms with Crippen LogP contribution in [0.3, 0.4) is 0 Å². The van der Waals surface area contributed by atoms with Crippen molar-refractivity contribution in [1.29, 1.82) is 0 Å². The van der Waals surface area contributed by atoms with Crippen LogP contribution in [0, 0.1) is 6.92 Å². The van der Waals surface area contributed by atoms with Gasteiger partial charge in [-0.15, -0.1) is 11.3 Å². The van der Waals surface area contributed by atoms with E-state index < -0.39 is 0 Å². The zero-order valence-electron chi connectivity index (χ0n) is 13.9. The van der Waals surface area contributed by atoms with Crippen LogP contribution in [0.1, 0.15) is 40.7 Å². The molecule has 2 aromatic rings. The average Bonchev–Trinajstić information content (AvgIpc) is 2.94. The number of hydrogen-bond donors (Lipinski definition) is 1. The zero-order chi connectivity index (χ0) is 17.1. The molecule has 5 nitrogen and oxygen atoms in total. The maximum absolute atomic E-state index is 12.5. The Balaban J connectivity index is 1.67. The number of carbonyl (C=O) groups excluding carboxylic acids is 1. The number of aryl methyl sites for hydroxylation is 2. The van der Waals surface area contributed by atoms with Gasteiger partial charge in [-0.05, 0) is 37.1 Å². The summed E-state index contributed by atoms with van der Waals surface area (Å²) < 4.78 is 0. The van der Waals surface area contributed by atoms with Crippen molar-refractivity contribution in [1.82, 2.24) is 15.3 Å². The summed E-state index contributed by atoms with van der Waals surface area (Å²) in [6.45, 7) is 5.70. The molecule has 1 aliphatic heterocycles. The number of anilines is 1.